The van der Waals surface area contributed by atoms with Gasteiger partial charge in [0.15, 0.2) is 0 Å². The number of hydrogen-bond donors (Lipinski definition) is 4. The molecule has 4 N–H and O–H groups in total. The van der Waals surface area contributed by atoms with Crippen LogP contribution < -0.4 is 20.7 Å². The fourth-order valence-electron chi connectivity index (χ4n) is 6.15. The van der Waals surface area contributed by atoms with Crippen molar-refractivity contribution in [2.24, 2.45) is 23.7 Å². The Morgan fingerprint density at radius 1 is 1.08 bits per heavy atom. The number of nitrogens with one attached hydrogen (secondary N) is 4. The minimum absolute atomic E-state index is 0.0203. The maximum atomic E-state index is 14.1. The van der Waals surface area contributed by atoms with Gasteiger partial charge in [0.1, 0.15) is 22.1 Å². The first-order chi connectivity index (χ1) is 22.9. The molecule has 12 nitrogen and oxygen atoms in total. The summed E-state index contributed by atoms with van der Waals surface area (Å²) >= 11 is 6.10. The SMILES string of the molecule is C=C[C@@H]1C[C@]1(NC(=O)C1CN(C(=O)[C@@H](NC(=O)OC(C)(C)C)C(C)C)C[C@H]1Cc1ccc(Cl)cc1)C(=O)NS(=O)(=O)c1ccccc1NC. The summed E-state index contributed by atoms with van der Waals surface area (Å²) < 4.78 is 34.1. The van der Waals surface area contributed by atoms with E-state index in [1.165, 1.54) is 12.1 Å². The van der Waals surface area contributed by atoms with Gasteiger partial charge in [-0.2, -0.15) is 0 Å². The van der Waals surface area contributed by atoms with Gasteiger partial charge in [0, 0.05) is 31.1 Å². The molecule has 1 unspecified atom stereocenters. The second kappa shape index (κ2) is 14.8. The average molecular weight is 716 g/mol. The number of nitrogens with zero attached hydrogens (tertiary/aromatic N) is 1. The number of amides is 4. The maximum Gasteiger partial charge on any atom is 0.408 e. The van der Waals surface area contributed by atoms with Crippen molar-refractivity contribution in [1.82, 2.24) is 20.3 Å². The van der Waals surface area contributed by atoms with E-state index in [0.29, 0.717) is 17.1 Å². The van der Waals surface area contributed by atoms with E-state index in [1.807, 2.05) is 12.1 Å². The minimum Gasteiger partial charge on any atom is -0.444 e. The molecule has 5 atom stereocenters. The molecular formula is C35H46ClN5O7S. The summed E-state index contributed by atoms with van der Waals surface area (Å²) in [7, 11) is -2.73. The van der Waals surface area contributed by atoms with Crippen molar-refractivity contribution in [3.63, 3.8) is 0 Å². The molecule has 1 saturated carbocycles. The van der Waals surface area contributed by atoms with E-state index in [-0.39, 0.29) is 42.1 Å². The van der Waals surface area contributed by atoms with Crippen LogP contribution in [-0.4, -0.2) is 74.5 Å². The van der Waals surface area contributed by atoms with Gasteiger partial charge in [-0.3, -0.25) is 14.4 Å². The Labute approximate surface area is 293 Å². The van der Waals surface area contributed by atoms with E-state index in [9.17, 15) is 27.6 Å². The predicted octanol–water partition coefficient (Wildman–Crippen LogP) is 4.11. The number of rotatable bonds is 12. The lowest BCUT2D eigenvalue weighted by Gasteiger charge is -2.28. The number of ether oxygens (including phenoxy) is 1. The largest absolute Gasteiger partial charge is 0.444 e. The Morgan fingerprint density at radius 3 is 2.31 bits per heavy atom. The normalized spacial score (nSPS) is 22.5. The maximum absolute atomic E-state index is 14.1. The summed E-state index contributed by atoms with van der Waals surface area (Å²) in [5.74, 6) is -3.67. The van der Waals surface area contributed by atoms with Crippen molar-refractivity contribution in [2.75, 3.05) is 25.5 Å². The highest BCUT2D eigenvalue weighted by Gasteiger charge is 2.61. The molecule has 1 aliphatic heterocycles. The van der Waals surface area contributed by atoms with Gasteiger partial charge < -0.3 is 25.6 Å². The molecule has 266 valence electrons. The molecule has 2 aliphatic rings. The van der Waals surface area contributed by atoms with Crippen LogP contribution in [-0.2, 0) is 35.6 Å². The number of benzene rings is 2. The number of anilines is 1. The molecule has 49 heavy (non-hydrogen) atoms. The van der Waals surface area contributed by atoms with E-state index in [4.69, 9.17) is 16.3 Å². The first-order valence-corrected chi connectivity index (χ1v) is 18.1. The Kier molecular flexibility index (Phi) is 11.4. The summed E-state index contributed by atoms with van der Waals surface area (Å²) in [4.78, 5) is 55.8. The number of carbonyl (C=O) groups is 4. The van der Waals surface area contributed by atoms with Crippen LogP contribution in [0.2, 0.25) is 5.02 Å². The van der Waals surface area contributed by atoms with E-state index in [0.717, 1.165) is 5.56 Å². The number of halogens is 1. The minimum atomic E-state index is -4.30. The molecule has 0 radical (unpaired) electrons. The third-order valence-electron chi connectivity index (χ3n) is 8.83. The Balaban J connectivity index is 1.58. The zero-order chi connectivity index (χ0) is 36.3. The first kappa shape index (κ1) is 37.7. The third-order valence-corrected chi connectivity index (χ3v) is 10.5. The summed E-state index contributed by atoms with van der Waals surface area (Å²) in [6.07, 6.45) is 1.36. The van der Waals surface area contributed by atoms with Crippen LogP contribution in [0, 0.1) is 23.7 Å². The standard InChI is InChI=1S/C35H46ClN5O7S/c1-8-24-18-35(24,32(44)40-49(46,47)28-12-10-9-11-27(28)37-7)39-30(42)26-20-41(19-23(26)17-22-13-15-25(36)16-14-22)31(43)29(21(2)3)38-33(45)48-34(4,5)6/h8-16,21,23-24,26,29,37H,1,17-20H2,2-7H3,(H,38,45)(H,39,42)(H,40,44)/t23-,24-,26?,29+,35-/m1/s1. The lowest BCUT2D eigenvalue weighted by molar-refractivity contribution is -0.134. The van der Waals surface area contributed by atoms with Gasteiger partial charge in [0.2, 0.25) is 11.8 Å². The van der Waals surface area contributed by atoms with Crippen LogP contribution in [0.25, 0.3) is 0 Å². The fourth-order valence-corrected chi connectivity index (χ4v) is 7.52. The molecule has 1 aliphatic carbocycles. The average Bonchev–Trinajstić information content (AvgIpc) is 3.58. The molecule has 0 spiro atoms. The molecule has 2 aromatic rings. The van der Waals surface area contributed by atoms with Crippen molar-refractivity contribution in [3.05, 3.63) is 71.8 Å². The third kappa shape index (κ3) is 8.93. The van der Waals surface area contributed by atoms with Crippen LogP contribution in [0.3, 0.4) is 0 Å². The first-order valence-electron chi connectivity index (χ1n) is 16.2. The number of para-hydroxylation sites is 1. The summed E-state index contributed by atoms with van der Waals surface area (Å²) in [5, 5.41) is 8.91. The van der Waals surface area contributed by atoms with Crippen LogP contribution in [0.5, 0.6) is 0 Å². The number of likely N-dealkylation sites (tertiary alicyclic amines) is 1. The zero-order valence-corrected chi connectivity index (χ0v) is 30.3. The second-order valence-corrected chi connectivity index (χ2v) is 16.1. The molecule has 1 heterocycles. The van der Waals surface area contributed by atoms with Gasteiger partial charge in [-0.1, -0.05) is 55.8 Å². The van der Waals surface area contributed by atoms with Crippen molar-refractivity contribution in [1.29, 1.82) is 0 Å². The molecule has 1 saturated heterocycles. The Bertz CT molecular complexity index is 1690. The summed E-state index contributed by atoms with van der Waals surface area (Å²) in [6.45, 7) is 12.8. The van der Waals surface area contributed by atoms with E-state index in [2.05, 4.69) is 27.3 Å². The van der Waals surface area contributed by atoms with Gasteiger partial charge in [0.05, 0.1) is 11.6 Å². The Hall–Kier alpha value is -4.10. The molecule has 14 heteroatoms. The van der Waals surface area contributed by atoms with Crippen LogP contribution in [0.4, 0.5) is 10.5 Å². The number of hydrogen-bond acceptors (Lipinski definition) is 8. The summed E-state index contributed by atoms with van der Waals surface area (Å²) in [6, 6.07) is 12.4. The molecule has 0 bridgehead atoms. The zero-order valence-electron chi connectivity index (χ0n) is 28.7. The Morgan fingerprint density at radius 2 is 1.73 bits per heavy atom. The second-order valence-electron chi connectivity index (χ2n) is 14.0. The van der Waals surface area contributed by atoms with E-state index >= 15 is 0 Å². The van der Waals surface area contributed by atoms with E-state index in [1.54, 1.807) is 76.9 Å². The predicted molar refractivity (Wildman–Crippen MR) is 187 cm³/mol. The van der Waals surface area contributed by atoms with E-state index < -0.39 is 56.9 Å². The molecular weight excluding hydrogens is 670 g/mol. The molecule has 0 aromatic heterocycles. The van der Waals surface area contributed by atoms with Crippen molar-refractivity contribution in [2.45, 2.75) is 69.5 Å². The van der Waals surface area contributed by atoms with Gasteiger partial charge >= 0.3 is 6.09 Å². The fraction of sp³-hybridized carbons (Fsp3) is 0.486. The lowest BCUT2D eigenvalue weighted by atomic mass is 9.88. The van der Waals surface area contributed by atoms with Gasteiger partial charge in [0.25, 0.3) is 15.9 Å². The quantitative estimate of drug-likeness (QED) is 0.239. The number of carbonyl (C=O) groups excluding carboxylic acids is 4. The smallest absolute Gasteiger partial charge is 0.408 e. The highest BCUT2D eigenvalue weighted by molar-refractivity contribution is 7.90. The van der Waals surface area contributed by atoms with Crippen molar-refractivity contribution >= 4 is 51.1 Å². The topological polar surface area (TPSA) is 163 Å². The lowest BCUT2D eigenvalue weighted by Crippen LogP contribution is -2.54. The van der Waals surface area contributed by atoms with Gasteiger partial charge in [-0.25, -0.2) is 17.9 Å². The van der Waals surface area contributed by atoms with Crippen LogP contribution in [0.1, 0.15) is 46.6 Å². The monoisotopic (exact) mass is 715 g/mol. The van der Waals surface area contributed by atoms with Crippen LogP contribution in [0.15, 0.2) is 66.1 Å². The van der Waals surface area contributed by atoms with Crippen LogP contribution >= 0.6 is 11.6 Å². The van der Waals surface area contributed by atoms with Gasteiger partial charge in [-0.05, 0) is 75.3 Å². The number of sulfonamides is 1. The molecule has 4 rings (SSSR count). The van der Waals surface area contributed by atoms with Crippen molar-refractivity contribution in [3.8, 4) is 0 Å². The molecule has 2 aromatic carbocycles. The highest BCUT2D eigenvalue weighted by atomic mass is 35.5. The molecule has 2 fully saturated rings. The number of alkyl carbamates (subject to hydrolysis) is 1. The highest BCUT2D eigenvalue weighted by Crippen LogP contribution is 2.45. The summed E-state index contributed by atoms with van der Waals surface area (Å²) in [5.41, 5.74) is -1.11. The van der Waals surface area contributed by atoms with Crippen molar-refractivity contribution < 1.29 is 32.3 Å². The molecule has 4 amide bonds. The van der Waals surface area contributed by atoms with Gasteiger partial charge in [-0.15, -0.1) is 6.58 Å².